The van der Waals surface area contributed by atoms with Crippen LogP contribution in [0.25, 0.3) is 0 Å². The first-order chi connectivity index (χ1) is 8.89. The molecule has 19 heavy (non-hydrogen) atoms. The van der Waals surface area contributed by atoms with Gasteiger partial charge in [-0.2, -0.15) is 0 Å². The van der Waals surface area contributed by atoms with E-state index in [1.54, 1.807) is 0 Å². The first-order valence-electron chi connectivity index (χ1n) is 7.77. The van der Waals surface area contributed by atoms with E-state index in [1.807, 2.05) is 0 Å². The SMILES string of the molecule is CC1CC(CN)(N2CC(C)N(C)C(C)C2)CCN1C. The minimum Gasteiger partial charge on any atom is -0.329 e. The predicted molar refractivity (Wildman–Crippen MR) is 81.4 cm³/mol. The Morgan fingerprint density at radius 3 is 2.11 bits per heavy atom. The largest absolute Gasteiger partial charge is 0.329 e. The second-order valence-electron chi connectivity index (χ2n) is 6.98. The highest BCUT2D eigenvalue weighted by molar-refractivity contribution is 5.01. The quantitative estimate of drug-likeness (QED) is 0.804. The normalized spacial score (nSPS) is 43.6. The number of piperidine rings is 1. The maximum absolute atomic E-state index is 6.23. The van der Waals surface area contributed by atoms with Gasteiger partial charge in [0.2, 0.25) is 0 Å². The standard InChI is InChI=1S/C15H32N4/c1-12-8-15(11-16,6-7-17(12)4)19-9-13(2)18(5)14(3)10-19/h12-14H,6-11,16H2,1-5H3. The van der Waals surface area contributed by atoms with Gasteiger partial charge in [0, 0.05) is 43.3 Å². The highest BCUT2D eigenvalue weighted by atomic mass is 15.3. The number of rotatable bonds is 2. The zero-order valence-electron chi connectivity index (χ0n) is 13.4. The molecular weight excluding hydrogens is 236 g/mol. The fourth-order valence-corrected chi connectivity index (χ4v) is 3.81. The number of hydrogen-bond donors (Lipinski definition) is 1. The third-order valence-electron chi connectivity index (χ3n) is 5.77. The fraction of sp³-hybridized carbons (Fsp3) is 1.00. The molecule has 0 spiro atoms. The lowest BCUT2D eigenvalue weighted by molar-refractivity contribution is -0.0462. The first kappa shape index (κ1) is 15.2. The molecule has 2 N–H and O–H groups in total. The average Bonchev–Trinajstić information content (AvgIpc) is 2.39. The van der Waals surface area contributed by atoms with Gasteiger partial charge in [-0.1, -0.05) is 0 Å². The Hall–Kier alpha value is -0.160. The van der Waals surface area contributed by atoms with Crippen LogP contribution < -0.4 is 5.73 Å². The Morgan fingerprint density at radius 2 is 1.63 bits per heavy atom. The van der Waals surface area contributed by atoms with Crippen LogP contribution in [-0.4, -0.2) is 78.6 Å². The lowest BCUT2D eigenvalue weighted by Gasteiger charge is -2.55. The number of nitrogens with zero attached hydrogens (tertiary/aromatic N) is 3. The van der Waals surface area contributed by atoms with Crippen molar-refractivity contribution < 1.29 is 0 Å². The molecule has 0 radical (unpaired) electrons. The molecule has 2 aliphatic heterocycles. The summed E-state index contributed by atoms with van der Waals surface area (Å²) in [6.45, 7) is 11.3. The molecule has 4 nitrogen and oxygen atoms in total. The Kier molecular flexibility index (Phi) is 4.56. The third kappa shape index (κ3) is 2.82. The topological polar surface area (TPSA) is 35.7 Å². The highest BCUT2D eigenvalue weighted by Gasteiger charge is 2.43. The highest BCUT2D eigenvalue weighted by Crippen LogP contribution is 2.33. The zero-order chi connectivity index (χ0) is 14.2. The van der Waals surface area contributed by atoms with Crippen molar-refractivity contribution in [1.82, 2.24) is 14.7 Å². The minimum atomic E-state index is 0.232. The summed E-state index contributed by atoms with van der Waals surface area (Å²) in [7, 11) is 4.49. The maximum atomic E-state index is 6.23. The molecule has 0 saturated carbocycles. The van der Waals surface area contributed by atoms with Crippen LogP contribution in [0.2, 0.25) is 0 Å². The number of likely N-dealkylation sites (tertiary alicyclic amines) is 1. The molecule has 0 aromatic carbocycles. The molecule has 4 heteroatoms. The third-order valence-corrected chi connectivity index (χ3v) is 5.77. The van der Waals surface area contributed by atoms with Crippen molar-refractivity contribution in [2.24, 2.45) is 5.73 Å². The minimum absolute atomic E-state index is 0.232. The van der Waals surface area contributed by atoms with Gasteiger partial charge in [0.15, 0.2) is 0 Å². The van der Waals surface area contributed by atoms with Crippen molar-refractivity contribution in [2.45, 2.75) is 57.3 Å². The molecule has 2 heterocycles. The monoisotopic (exact) mass is 268 g/mol. The van der Waals surface area contributed by atoms with E-state index in [-0.39, 0.29) is 5.54 Å². The Balaban J connectivity index is 2.13. The fourth-order valence-electron chi connectivity index (χ4n) is 3.81. The summed E-state index contributed by atoms with van der Waals surface area (Å²) >= 11 is 0. The lowest BCUT2D eigenvalue weighted by Crippen LogP contribution is -2.67. The molecule has 2 fully saturated rings. The molecular formula is C15H32N4. The van der Waals surface area contributed by atoms with E-state index in [9.17, 15) is 0 Å². The molecule has 0 aliphatic carbocycles. The summed E-state index contributed by atoms with van der Waals surface area (Å²) in [4.78, 5) is 7.67. The summed E-state index contributed by atoms with van der Waals surface area (Å²) in [5.41, 5.74) is 6.46. The van der Waals surface area contributed by atoms with Crippen molar-refractivity contribution in [1.29, 1.82) is 0 Å². The van der Waals surface area contributed by atoms with Crippen LogP contribution in [0, 0.1) is 0 Å². The average molecular weight is 268 g/mol. The van der Waals surface area contributed by atoms with Gasteiger partial charge in [-0.15, -0.1) is 0 Å². The smallest absolute Gasteiger partial charge is 0.0359 e. The molecule has 112 valence electrons. The van der Waals surface area contributed by atoms with E-state index in [1.165, 1.54) is 19.4 Å². The second kappa shape index (κ2) is 5.68. The van der Waals surface area contributed by atoms with Gasteiger partial charge in [-0.25, -0.2) is 0 Å². The van der Waals surface area contributed by atoms with E-state index < -0.39 is 0 Å². The summed E-state index contributed by atoms with van der Waals surface area (Å²) in [6, 6.07) is 1.90. The van der Waals surface area contributed by atoms with Gasteiger partial charge in [0.05, 0.1) is 0 Å². The number of piperazine rings is 1. The molecule has 4 unspecified atom stereocenters. The molecule has 2 saturated heterocycles. The van der Waals surface area contributed by atoms with Crippen molar-refractivity contribution in [2.75, 3.05) is 40.3 Å². The molecule has 2 rings (SSSR count). The van der Waals surface area contributed by atoms with Crippen LogP contribution in [0.15, 0.2) is 0 Å². The molecule has 2 aliphatic rings. The summed E-state index contributed by atoms with van der Waals surface area (Å²) < 4.78 is 0. The van der Waals surface area contributed by atoms with E-state index in [2.05, 4.69) is 49.6 Å². The molecule has 0 bridgehead atoms. The molecule has 0 aromatic heterocycles. The Labute approximate surface area is 118 Å². The number of nitrogens with two attached hydrogens (primary N) is 1. The van der Waals surface area contributed by atoms with Crippen LogP contribution in [0.4, 0.5) is 0 Å². The Morgan fingerprint density at radius 1 is 1.05 bits per heavy atom. The van der Waals surface area contributed by atoms with Crippen LogP contribution in [-0.2, 0) is 0 Å². The van der Waals surface area contributed by atoms with Crippen molar-refractivity contribution in [3.63, 3.8) is 0 Å². The summed E-state index contributed by atoms with van der Waals surface area (Å²) in [6.07, 6.45) is 2.43. The van der Waals surface area contributed by atoms with Crippen molar-refractivity contribution in [3.05, 3.63) is 0 Å². The van der Waals surface area contributed by atoms with E-state index >= 15 is 0 Å². The van der Waals surface area contributed by atoms with E-state index in [0.717, 1.165) is 19.6 Å². The van der Waals surface area contributed by atoms with Gasteiger partial charge in [-0.3, -0.25) is 9.80 Å². The maximum Gasteiger partial charge on any atom is 0.0359 e. The molecule has 4 atom stereocenters. The zero-order valence-corrected chi connectivity index (χ0v) is 13.4. The molecule has 0 aromatic rings. The van der Waals surface area contributed by atoms with Gasteiger partial charge in [0.1, 0.15) is 0 Å². The summed E-state index contributed by atoms with van der Waals surface area (Å²) in [5, 5.41) is 0. The lowest BCUT2D eigenvalue weighted by atomic mass is 9.81. The van der Waals surface area contributed by atoms with Crippen molar-refractivity contribution in [3.8, 4) is 0 Å². The number of hydrogen-bond acceptors (Lipinski definition) is 4. The van der Waals surface area contributed by atoms with Gasteiger partial charge in [0.25, 0.3) is 0 Å². The van der Waals surface area contributed by atoms with Crippen LogP contribution in [0.3, 0.4) is 0 Å². The van der Waals surface area contributed by atoms with Gasteiger partial charge >= 0.3 is 0 Å². The van der Waals surface area contributed by atoms with Crippen LogP contribution in [0.5, 0.6) is 0 Å². The van der Waals surface area contributed by atoms with E-state index in [4.69, 9.17) is 5.73 Å². The van der Waals surface area contributed by atoms with Crippen LogP contribution >= 0.6 is 0 Å². The Bertz CT molecular complexity index is 297. The van der Waals surface area contributed by atoms with Crippen molar-refractivity contribution >= 4 is 0 Å². The van der Waals surface area contributed by atoms with Crippen LogP contribution in [0.1, 0.15) is 33.6 Å². The number of likely N-dealkylation sites (N-methyl/N-ethyl adjacent to an activating group) is 1. The summed E-state index contributed by atoms with van der Waals surface area (Å²) in [5.74, 6) is 0. The predicted octanol–water partition coefficient (Wildman–Crippen LogP) is 0.822. The second-order valence-corrected chi connectivity index (χ2v) is 6.98. The van der Waals surface area contributed by atoms with Gasteiger partial charge < -0.3 is 10.6 Å². The van der Waals surface area contributed by atoms with Gasteiger partial charge in [-0.05, 0) is 54.3 Å². The molecule has 0 amide bonds. The first-order valence-corrected chi connectivity index (χ1v) is 7.77. The van der Waals surface area contributed by atoms with E-state index in [0.29, 0.717) is 18.1 Å².